The molecule has 0 aliphatic heterocycles. The third-order valence-corrected chi connectivity index (χ3v) is 5.28. The number of nitrogens with zero attached hydrogens (tertiary/aromatic N) is 4. The van der Waals surface area contributed by atoms with E-state index in [1.165, 1.54) is 0 Å². The van der Waals surface area contributed by atoms with Crippen LogP contribution >= 0.6 is 23.2 Å². The van der Waals surface area contributed by atoms with Gasteiger partial charge in [-0.2, -0.15) is 10.2 Å². The monoisotopic (exact) mass is 469 g/mol. The standard InChI is InChI=1S/C23H21Cl2N5O2/c1-2-29-12-17(10-26-29)13-30-14-20(11-27-30)28-23(31)18-5-3-16(4-6-18)15-32-22-8-7-19(24)9-21(22)25/h3-12,14H,2,13,15H2,1H3,(H,28,31). The zero-order valence-corrected chi connectivity index (χ0v) is 18.8. The number of halogens is 2. The number of amides is 1. The van der Waals surface area contributed by atoms with Crippen LogP contribution in [0.1, 0.15) is 28.4 Å². The summed E-state index contributed by atoms with van der Waals surface area (Å²) in [5.41, 5.74) is 3.12. The minimum atomic E-state index is -0.212. The second-order valence-corrected chi connectivity index (χ2v) is 7.99. The molecule has 32 heavy (non-hydrogen) atoms. The largest absolute Gasteiger partial charge is 0.487 e. The molecule has 2 aromatic heterocycles. The van der Waals surface area contributed by atoms with E-state index in [0.29, 0.717) is 40.2 Å². The average Bonchev–Trinajstić information content (AvgIpc) is 3.43. The Morgan fingerprint density at radius 2 is 1.78 bits per heavy atom. The van der Waals surface area contributed by atoms with Crippen LogP contribution in [-0.4, -0.2) is 25.5 Å². The predicted octanol–water partition coefficient (Wildman–Crippen LogP) is 5.29. The van der Waals surface area contributed by atoms with E-state index in [9.17, 15) is 4.79 Å². The van der Waals surface area contributed by atoms with E-state index >= 15 is 0 Å². The Bertz CT molecular complexity index is 1220. The van der Waals surface area contributed by atoms with Gasteiger partial charge in [-0.1, -0.05) is 35.3 Å². The van der Waals surface area contributed by atoms with Crippen molar-refractivity contribution in [3.8, 4) is 5.75 Å². The number of ether oxygens (including phenoxy) is 1. The van der Waals surface area contributed by atoms with E-state index < -0.39 is 0 Å². The number of anilines is 1. The molecule has 0 unspecified atom stereocenters. The highest BCUT2D eigenvalue weighted by molar-refractivity contribution is 6.35. The lowest BCUT2D eigenvalue weighted by Gasteiger charge is -2.09. The Labute approximate surface area is 195 Å². The predicted molar refractivity (Wildman–Crippen MR) is 124 cm³/mol. The molecule has 164 valence electrons. The fourth-order valence-corrected chi connectivity index (χ4v) is 3.53. The number of carbonyl (C=O) groups excluding carboxylic acids is 1. The third kappa shape index (κ3) is 5.49. The molecule has 0 atom stereocenters. The van der Waals surface area contributed by atoms with Crippen LogP contribution < -0.4 is 10.1 Å². The van der Waals surface area contributed by atoms with Crippen molar-refractivity contribution >= 4 is 34.8 Å². The van der Waals surface area contributed by atoms with Gasteiger partial charge in [0.2, 0.25) is 0 Å². The van der Waals surface area contributed by atoms with Crippen molar-refractivity contribution in [3.63, 3.8) is 0 Å². The summed E-state index contributed by atoms with van der Waals surface area (Å²) in [5.74, 6) is 0.341. The molecule has 0 radical (unpaired) electrons. The maximum absolute atomic E-state index is 12.6. The summed E-state index contributed by atoms with van der Waals surface area (Å²) in [7, 11) is 0. The van der Waals surface area contributed by atoms with Gasteiger partial charge < -0.3 is 10.1 Å². The van der Waals surface area contributed by atoms with Crippen LogP contribution in [0.2, 0.25) is 10.0 Å². The summed E-state index contributed by atoms with van der Waals surface area (Å²) >= 11 is 12.0. The van der Waals surface area contributed by atoms with E-state index in [0.717, 1.165) is 17.7 Å². The molecule has 0 saturated carbocycles. The molecule has 2 aromatic carbocycles. The lowest BCUT2D eigenvalue weighted by atomic mass is 10.1. The van der Waals surface area contributed by atoms with Gasteiger partial charge in [-0.25, -0.2) is 0 Å². The summed E-state index contributed by atoms with van der Waals surface area (Å²) in [4.78, 5) is 12.6. The Hall–Kier alpha value is -3.29. The quantitative estimate of drug-likeness (QED) is 0.380. The second kappa shape index (κ2) is 9.89. The highest BCUT2D eigenvalue weighted by Crippen LogP contribution is 2.28. The van der Waals surface area contributed by atoms with Gasteiger partial charge in [0.25, 0.3) is 5.91 Å². The van der Waals surface area contributed by atoms with Gasteiger partial charge in [0.1, 0.15) is 12.4 Å². The Morgan fingerprint density at radius 1 is 1.00 bits per heavy atom. The van der Waals surface area contributed by atoms with E-state index in [1.54, 1.807) is 47.4 Å². The van der Waals surface area contributed by atoms with Crippen molar-refractivity contribution in [1.82, 2.24) is 19.6 Å². The van der Waals surface area contributed by atoms with Gasteiger partial charge in [-0.05, 0) is 42.8 Å². The highest BCUT2D eigenvalue weighted by atomic mass is 35.5. The SMILES string of the molecule is CCn1cc(Cn2cc(NC(=O)c3ccc(COc4ccc(Cl)cc4Cl)cc3)cn2)cn1. The molecular weight excluding hydrogens is 449 g/mol. The van der Waals surface area contributed by atoms with Gasteiger partial charge in [0.15, 0.2) is 0 Å². The first-order chi connectivity index (χ1) is 15.5. The Morgan fingerprint density at radius 3 is 2.50 bits per heavy atom. The van der Waals surface area contributed by atoms with Crippen LogP contribution in [0, 0.1) is 0 Å². The Balaban J connectivity index is 1.32. The number of nitrogens with one attached hydrogen (secondary N) is 1. The number of aryl methyl sites for hydroxylation is 1. The van der Waals surface area contributed by atoms with Crippen LogP contribution in [0.4, 0.5) is 5.69 Å². The first kappa shape index (κ1) is 21.9. The number of rotatable bonds is 8. The molecule has 0 saturated heterocycles. The molecule has 1 N–H and O–H groups in total. The lowest BCUT2D eigenvalue weighted by Crippen LogP contribution is -2.11. The molecular formula is C23H21Cl2N5O2. The summed E-state index contributed by atoms with van der Waals surface area (Å²) in [6, 6.07) is 12.3. The minimum Gasteiger partial charge on any atom is -0.487 e. The summed E-state index contributed by atoms with van der Waals surface area (Å²) in [5, 5.41) is 12.4. The van der Waals surface area contributed by atoms with Crippen LogP contribution in [0.3, 0.4) is 0 Å². The van der Waals surface area contributed by atoms with Crippen molar-refractivity contribution in [2.24, 2.45) is 0 Å². The van der Waals surface area contributed by atoms with Crippen molar-refractivity contribution in [1.29, 1.82) is 0 Å². The highest BCUT2D eigenvalue weighted by Gasteiger charge is 2.09. The molecule has 0 fully saturated rings. The van der Waals surface area contributed by atoms with E-state index in [2.05, 4.69) is 15.5 Å². The van der Waals surface area contributed by atoms with Crippen LogP contribution in [0.25, 0.3) is 0 Å². The van der Waals surface area contributed by atoms with Crippen molar-refractivity contribution in [2.75, 3.05) is 5.32 Å². The number of aromatic nitrogens is 4. The molecule has 2 heterocycles. The molecule has 4 aromatic rings. The molecule has 0 aliphatic rings. The second-order valence-electron chi connectivity index (χ2n) is 7.15. The van der Waals surface area contributed by atoms with Crippen LogP contribution in [0.5, 0.6) is 5.75 Å². The maximum atomic E-state index is 12.6. The molecule has 0 bridgehead atoms. The van der Waals surface area contributed by atoms with E-state index in [-0.39, 0.29) is 5.91 Å². The number of hydrogen-bond donors (Lipinski definition) is 1. The first-order valence-corrected chi connectivity index (χ1v) is 10.8. The lowest BCUT2D eigenvalue weighted by molar-refractivity contribution is 0.102. The van der Waals surface area contributed by atoms with Crippen molar-refractivity contribution in [3.05, 3.63) is 94.0 Å². The van der Waals surface area contributed by atoms with Crippen LogP contribution in [0.15, 0.2) is 67.3 Å². The average molecular weight is 470 g/mol. The molecule has 0 spiro atoms. The zero-order chi connectivity index (χ0) is 22.5. The third-order valence-electron chi connectivity index (χ3n) is 4.75. The number of benzene rings is 2. The molecule has 0 aliphatic carbocycles. The molecule has 1 amide bonds. The van der Waals surface area contributed by atoms with E-state index in [1.807, 2.05) is 36.1 Å². The fourth-order valence-electron chi connectivity index (χ4n) is 3.07. The topological polar surface area (TPSA) is 74.0 Å². The summed E-state index contributed by atoms with van der Waals surface area (Å²) in [6.07, 6.45) is 7.21. The number of carbonyl (C=O) groups is 1. The van der Waals surface area contributed by atoms with Gasteiger partial charge >= 0.3 is 0 Å². The maximum Gasteiger partial charge on any atom is 0.255 e. The summed E-state index contributed by atoms with van der Waals surface area (Å²) in [6.45, 7) is 3.76. The van der Waals surface area contributed by atoms with Crippen molar-refractivity contribution in [2.45, 2.75) is 26.6 Å². The van der Waals surface area contributed by atoms with Gasteiger partial charge in [0.05, 0.1) is 29.6 Å². The molecule has 9 heteroatoms. The minimum absolute atomic E-state index is 0.212. The smallest absolute Gasteiger partial charge is 0.255 e. The molecule has 4 rings (SSSR count). The van der Waals surface area contributed by atoms with Gasteiger partial charge in [0, 0.05) is 35.1 Å². The number of hydrogen-bond acceptors (Lipinski definition) is 4. The first-order valence-electron chi connectivity index (χ1n) is 10.0. The van der Waals surface area contributed by atoms with E-state index in [4.69, 9.17) is 27.9 Å². The Kier molecular flexibility index (Phi) is 6.78. The van der Waals surface area contributed by atoms with Gasteiger partial charge in [-0.3, -0.25) is 14.2 Å². The van der Waals surface area contributed by atoms with Crippen LogP contribution in [-0.2, 0) is 19.7 Å². The summed E-state index contributed by atoms with van der Waals surface area (Å²) < 4.78 is 9.35. The zero-order valence-electron chi connectivity index (χ0n) is 17.3. The van der Waals surface area contributed by atoms with Crippen molar-refractivity contribution < 1.29 is 9.53 Å². The normalized spacial score (nSPS) is 10.8. The van der Waals surface area contributed by atoms with Gasteiger partial charge in [-0.15, -0.1) is 0 Å². The fraction of sp³-hybridized carbons (Fsp3) is 0.174. The molecule has 7 nitrogen and oxygen atoms in total.